The van der Waals surface area contributed by atoms with E-state index in [1.54, 1.807) is 19.9 Å². The number of carbonyl (C=O) groups excluding carboxylic acids is 3. The van der Waals surface area contributed by atoms with E-state index in [1.165, 1.54) is 23.1 Å². The van der Waals surface area contributed by atoms with Gasteiger partial charge in [-0.2, -0.15) is 0 Å². The number of benzene rings is 1. The number of hydrogen-bond acceptors (Lipinski definition) is 4. The Morgan fingerprint density at radius 1 is 1.28 bits per heavy atom. The maximum absolute atomic E-state index is 14.6. The number of Topliss-reactive ketones (excluding diaryl/α,β-unsaturated/α-hetero) is 1. The number of nitrogens with one attached hydrogen (secondary N) is 1. The fourth-order valence-electron chi connectivity index (χ4n) is 3.81. The molecule has 1 saturated heterocycles. The zero-order chi connectivity index (χ0) is 21.1. The molecule has 0 unspecified atom stereocenters. The number of halogens is 1. The van der Waals surface area contributed by atoms with E-state index >= 15 is 0 Å². The molecule has 1 aliphatic heterocycles. The lowest BCUT2D eigenvalue weighted by atomic mass is 9.96. The molecule has 1 aromatic carbocycles. The van der Waals surface area contributed by atoms with Crippen molar-refractivity contribution in [2.45, 2.75) is 33.6 Å². The van der Waals surface area contributed by atoms with Gasteiger partial charge in [0.25, 0.3) is 11.7 Å². The van der Waals surface area contributed by atoms with E-state index < -0.39 is 23.5 Å². The number of hydrogen-bond donors (Lipinski definition) is 1. The molecule has 154 valence electrons. The minimum atomic E-state index is -0.781. The number of ketones is 1. The standard InChI is InChI=1S/C22H25FN2O4/c1-4-29-22(28)17-14(3)24-19(18(17)15-9-5-6-10-16(15)23)20(26)21(27)25-11-7-8-13(2)12-25/h5-6,9-10,13,24H,4,7-8,11-12H2,1-3H3/t13-/m0/s1. The highest BCUT2D eigenvalue weighted by Crippen LogP contribution is 2.33. The van der Waals surface area contributed by atoms with E-state index in [0.29, 0.717) is 24.7 Å². The Balaban J connectivity index is 2.10. The number of ether oxygens (including phenoxy) is 1. The van der Waals surface area contributed by atoms with E-state index in [4.69, 9.17) is 4.74 Å². The number of carbonyl (C=O) groups is 3. The zero-order valence-electron chi connectivity index (χ0n) is 16.9. The summed E-state index contributed by atoms with van der Waals surface area (Å²) < 4.78 is 19.7. The third kappa shape index (κ3) is 4.09. The fraction of sp³-hybridized carbons (Fsp3) is 0.409. The highest BCUT2D eigenvalue weighted by atomic mass is 19.1. The van der Waals surface area contributed by atoms with Crippen molar-refractivity contribution in [1.82, 2.24) is 9.88 Å². The first-order chi connectivity index (χ1) is 13.8. The maximum Gasteiger partial charge on any atom is 0.340 e. The van der Waals surface area contributed by atoms with Crippen LogP contribution in [0.1, 0.15) is 53.2 Å². The summed E-state index contributed by atoms with van der Waals surface area (Å²) in [5.74, 6) is -2.38. The topological polar surface area (TPSA) is 79.5 Å². The summed E-state index contributed by atoms with van der Waals surface area (Å²) in [4.78, 5) is 42.9. The molecule has 0 saturated carbocycles. The molecule has 0 radical (unpaired) electrons. The number of piperidine rings is 1. The quantitative estimate of drug-likeness (QED) is 0.471. The van der Waals surface area contributed by atoms with Crippen molar-refractivity contribution in [1.29, 1.82) is 0 Å². The highest BCUT2D eigenvalue weighted by molar-refractivity contribution is 6.43. The maximum atomic E-state index is 14.6. The smallest absolute Gasteiger partial charge is 0.340 e. The fourth-order valence-corrected chi connectivity index (χ4v) is 3.81. The Hall–Kier alpha value is -2.96. The minimum absolute atomic E-state index is 0.0695. The van der Waals surface area contributed by atoms with Crippen molar-refractivity contribution in [3.63, 3.8) is 0 Å². The van der Waals surface area contributed by atoms with Gasteiger partial charge in [-0.25, -0.2) is 9.18 Å². The number of rotatable bonds is 5. The van der Waals surface area contributed by atoms with Crippen LogP contribution in [-0.2, 0) is 9.53 Å². The summed E-state index contributed by atoms with van der Waals surface area (Å²) in [5.41, 5.74) is 0.481. The van der Waals surface area contributed by atoms with Crippen LogP contribution in [0.2, 0.25) is 0 Å². The molecule has 29 heavy (non-hydrogen) atoms. The second-order valence-electron chi connectivity index (χ2n) is 7.40. The van der Waals surface area contributed by atoms with Gasteiger partial charge in [0, 0.05) is 29.9 Å². The molecule has 0 spiro atoms. The summed E-state index contributed by atoms with van der Waals surface area (Å²) in [6, 6.07) is 5.85. The summed E-state index contributed by atoms with van der Waals surface area (Å²) in [6.45, 7) is 6.44. The largest absolute Gasteiger partial charge is 0.462 e. The Bertz CT molecular complexity index is 950. The number of aryl methyl sites for hydroxylation is 1. The monoisotopic (exact) mass is 400 g/mol. The minimum Gasteiger partial charge on any atom is -0.462 e. The normalized spacial score (nSPS) is 16.6. The van der Waals surface area contributed by atoms with Gasteiger partial charge in [0.15, 0.2) is 0 Å². The van der Waals surface area contributed by atoms with Gasteiger partial charge in [-0.3, -0.25) is 9.59 Å². The number of aromatic nitrogens is 1. The molecule has 1 amide bonds. The predicted octanol–water partition coefficient (Wildman–Crippen LogP) is 3.75. The van der Waals surface area contributed by atoms with Crippen LogP contribution in [0.15, 0.2) is 24.3 Å². The van der Waals surface area contributed by atoms with Crippen LogP contribution >= 0.6 is 0 Å². The SMILES string of the molecule is CCOC(=O)c1c(C)[nH]c(C(=O)C(=O)N2CCC[C@H](C)C2)c1-c1ccccc1F. The average molecular weight is 400 g/mol. The van der Waals surface area contributed by atoms with Crippen LogP contribution in [0.3, 0.4) is 0 Å². The molecule has 0 bridgehead atoms. The van der Waals surface area contributed by atoms with Gasteiger partial charge in [-0.15, -0.1) is 0 Å². The lowest BCUT2D eigenvalue weighted by Crippen LogP contribution is -2.43. The van der Waals surface area contributed by atoms with E-state index in [0.717, 1.165) is 12.8 Å². The summed E-state index contributed by atoms with van der Waals surface area (Å²) in [6.07, 6.45) is 1.84. The molecule has 1 fully saturated rings. The first-order valence-corrected chi connectivity index (χ1v) is 9.83. The molecule has 7 heteroatoms. The van der Waals surface area contributed by atoms with E-state index in [9.17, 15) is 18.8 Å². The van der Waals surface area contributed by atoms with Gasteiger partial charge < -0.3 is 14.6 Å². The Morgan fingerprint density at radius 3 is 2.66 bits per heavy atom. The van der Waals surface area contributed by atoms with E-state index in [1.807, 2.05) is 6.92 Å². The molecule has 3 rings (SSSR count). The predicted molar refractivity (Wildman–Crippen MR) is 106 cm³/mol. The van der Waals surface area contributed by atoms with Gasteiger partial charge >= 0.3 is 5.97 Å². The Labute approximate surface area is 169 Å². The van der Waals surface area contributed by atoms with Gasteiger partial charge in [0.05, 0.1) is 12.2 Å². The van der Waals surface area contributed by atoms with Crippen LogP contribution in [0.25, 0.3) is 11.1 Å². The third-order valence-corrected chi connectivity index (χ3v) is 5.18. The van der Waals surface area contributed by atoms with Crippen LogP contribution in [0.4, 0.5) is 4.39 Å². The van der Waals surface area contributed by atoms with Crippen LogP contribution in [0.5, 0.6) is 0 Å². The Kier molecular flexibility index (Phi) is 6.15. The number of H-pyrrole nitrogens is 1. The third-order valence-electron chi connectivity index (χ3n) is 5.18. The van der Waals surface area contributed by atoms with Crippen molar-refractivity contribution in [2.75, 3.05) is 19.7 Å². The van der Waals surface area contributed by atoms with Gasteiger partial charge in [0.1, 0.15) is 11.5 Å². The zero-order valence-corrected chi connectivity index (χ0v) is 16.9. The van der Waals surface area contributed by atoms with Crippen LogP contribution < -0.4 is 0 Å². The molecule has 1 atom stereocenters. The first-order valence-electron chi connectivity index (χ1n) is 9.83. The van der Waals surface area contributed by atoms with Crippen molar-refractivity contribution in [3.05, 3.63) is 47.0 Å². The molecule has 1 N–H and O–H groups in total. The lowest BCUT2D eigenvalue weighted by molar-refractivity contribution is -0.128. The van der Waals surface area contributed by atoms with Crippen molar-refractivity contribution in [3.8, 4) is 11.1 Å². The number of likely N-dealkylation sites (tertiary alicyclic amines) is 1. The van der Waals surface area contributed by atoms with Crippen LogP contribution in [-0.4, -0.2) is 47.2 Å². The lowest BCUT2D eigenvalue weighted by Gasteiger charge is -2.30. The molecule has 0 aliphatic carbocycles. The average Bonchev–Trinajstić information content (AvgIpc) is 3.04. The molecule has 6 nitrogen and oxygen atoms in total. The number of nitrogens with zero attached hydrogens (tertiary/aromatic N) is 1. The van der Waals surface area contributed by atoms with E-state index in [2.05, 4.69) is 4.98 Å². The molecule has 2 heterocycles. The molecule has 1 aromatic heterocycles. The number of aromatic amines is 1. The molecule has 2 aromatic rings. The summed E-state index contributed by atoms with van der Waals surface area (Å²) in [7, 11) is 0. The second kappa shape index (κ2) is 8.59. The molecular formula is C22H25FN2O4. The van der Waals surface area contributed by atoms with Crippen molar-refractivity contribution < 1.29 is 23.5 Å². The van der Waals surface area contributed by atoms with Gasteiger partial charge in [0.2, 0.25) is 0 Å². The number of esters is 1. The number of amides is 1. The van der Waals surface area contributed by atoms with Gasteiger partial charge in [-0.05, 0) is 38.7 Å². The highest BCUT2D eigenvalue weighted by Gasteiger charge is 2.33. The van der Waals surface area contributed by atoms with Crippen LogP contribution in [0, 0.1) is 18.7 Å². The Morgan fingerprint density at radius 2 is 2.00 bits per heavy atom. The van der Waals surface area contributed by atoms with Crippen molar-refractivity contribution in [2.24, 2.45) is 5.92 Å². The van der Waals surface area contributed by atoms with Crippen molar-refractivity contribution >= 4 is 17.7 Å². The second-order valence-corrected chi connectivity index (χ2v) is 7.40. The summed E-state index contributed by atoms with van der Waals surface area (Å²) in [5, 5.41) is 0. The van der Waals surface area contributed by atoms with E-state index in [-0.39, 0.29) is 29.0 Å². The first kappa shape index (κ1) is 20.8. The summed E-state index contributed by atoms with van der Waals surface area (Å²) >= 11 is 0. The molecular weight excluding hydrogens is 375 g/mol. The van der Waals surface area contributed by atoms with Gasteiger partial charge in [-0.1, -0.05) is 25.1 Å². The molecule has 1 aliphatic rings.